The first-order valence-electron chi connectivity index (χ1n) is 10.4. The number of carbonyl (C=O) groups is 1. The van der Waals surface area contributed by atoms with Crippen LogP contribution in [0.15, 0.2) is 30.3 Å². The monoisotopic (exact) mass is 371 g/mol. The van der Waals surface area contributed by atoms with Crippen LogP contribution in [0.2, 0.25) is 0 Å². The zero-order chi connectivity index (χ0) is 19.0. The van der Waals surface area contributed by atoms with Gasteiger partial charge in [-0.05, 0) is 58.3 Å². The van der Waals surface area contributed by atoms with Gasteiger partial charge in [0.05, 0.1) is 11.5 Å². The number of likely N-dealkylation sites (N-methyl/N-ethyl adjacent to an activating group) is 1. The molecular weight excluding hydrogens is 338 g/mol. The highest BCUT2D eigenvalue weighted by atomic mass is 16.3. The lowest BCUT2D eigenvalue weighted by molar-refractivity contribution is -0.140. The molecule has 0 aliphatic carbocycles. The van der Waals surface area contributed by atoms with Crippen molar-refractivity contribution >= 4 is 5.91 Å². The number of likely N-dealkylation sites (tertiary alicyclic amines) is 1. The van der Waals surface area contributed by atoms with Crippen molar-refractivity contribution in [3.63, 3.8) is 0 Å². The van der Waals surface area contributed by atoms with E-state index in [1.165, 1.54) is 12.0 Å². The van der Waals surface area contributed by atoms with Gasteiger partial charge in [0, 0.05) is 31.7 Å². The highest BCUT2D eigenvalue weighted by Gasteiger charge is 2.48. The third kappa shape index (κ3) is 3.78. The second-order valence-corrected chi connectivity index (χ2v) is 9.00. The molecule has 1 aromatic carbocycles. The van der Waals surface area contributed by atoms with Crippen LogP contribution in [-0.2, 0) is 4.79 Å². The highest BCUT2D eigenvalue weighted by Crippen LogP contribution is 2.45. The minimum Gasteiger partial charge on any atom is -0.388 e. The fourth-order valence-corrected chi connectivity index (χ4v) is 5.56. The van der Waals surface area contributed by atoms with Gasteiger partial charge in [0.25, 0.3) is 0 Å². The van der Waals surface area contributed by atoms with Gasteiger partial charge in [0.1, 0.15) is 0 Å². The number of benzene rings is 1. The van der Waals surface area contributed by atoms with Crippen molar-refractivity contribution in [2.24, 2.45) is 5.92 Å². The summed E-state index contributed by atoms with van der Waals surface area (Å²) in [5.74, 6) is 0.426. The van der Waals surface area contributed by atoms with Crippen molar-refractivity contribution < 1.29 is 9.90 Å². The maximum atomic E-state index is 13.4. The molecule has 0 radical (unpaired) electrons. The Balaban J connectivity index is 1.43. The molecule has 3 heterocycles. The van der Waals surface area contributed by atoms with E-state index in [1.807, 2.05) is 23.9 Å². The van der Waals surface area contributed by atoms with Crippen LogP contribution in [0, 0.1) is 5.92 Å². The zero-order valence-corrected chi connectivity index (χ0v) is 16.7. The molecule has 0 saturated carbocycles. The SMILES string of the molecule is CN(C)CC1(O)CCN(C(=O)[C@@H]2C[C@H](c3ccccc3)N3CCC[C@@H]23)CC1. The Kier molecular flexibility index (Phi) is 5.28. The average molecular weight is 372 g/mol. The van der Waals surface area contributed by atoms with E-state index in [4.69, 9.17) is 0 Å². The summed E-state index contributed by atoms with van der Waals surface area (Å²) in [6.07, 6.45) is 4.63. The molecular formula is C22H33N3O2. The number of rotatable bonds is 4. The lowest BCUT2D eigenvalue weighted by Crippen LogP contribution is -2.52. The molecule has 1 N–H and O–H groups in total. The molecule has 1 amide bonds. The van der Waals surface area contributed by atoms with E-state index in [9.17, 15) is 9.90 Å². The van der Waals surface area contributed by atoms with Crippen molar-refractivity contribution in [2.75, 3.05) is 40.3 Å². The minimum atomic E-state index is -0.651. The molecule has 3 fully saturated rings. The first-order valence-corrected chi connectivity index (χ1v) is 10.4. The number of hydrogen-bond acceptors (Lipinski definition) is 4. The number of aliphatic hydroxyl groups is 1. The summed E-state index contributed by atoms with van der Waals surface area (Å²) in [6, 6.07) is 11.4. The van der Waals surface area contributed by atoms with E-state index in [2.05, 4.69) is 35.2 Å². The van der Waals surface area contributed by atoms with Crippen molar-refractivity contribution in [1.29, 1.82) is 0 Å². The summed E-state index contributed by atoms with van der Waals surface area (Å²) in [4.78, 5) is 20.0. The van der Waals surface area contributed by atoms with Crippen molar-refractivity contribution in [2.45, 2.75) is 49.8 Å². The first kappa shape index (κ1) is 18.9. The Morgan fingerprint density at radius 1 is 1.19 bits per heavy atom. The number of fused-ring (bicyclic) bond motifs is 1. The van der Waals surface area contributed by atoms with Crippen LogP contribution in [0.25, 0.3) is 0 Å². The normalized spacial score (nSPS) is 30.7. The van der Waals surface area contributed by atoms with Crippen LogP contribution in [0.3, 0.4) is 0 Å². The summed E-state index contributed by atoms with van der Waals surface area (Å²) in [7, 11) is 3.98. The molecule has 0 aromatic heterocycles. The molecule has 3 saturated heterocycles. The van der Waals surface area contributed by atoms with Gasteiger partial charge in [0.15, 0.2) is 0 Å². The molecule has 3 aliphatic heterocycles. The molecule has 0 unspecified atom stereocenters. The summed E-state index contributed by atoms with van der Waals surface area (Å²) < 4.78 is 0. The Morgan fingerprint density at radius 2 is 1.89 bits per heavy atom. The lowest BCUT2D eigenvalue weighted by Gasteiger charge is -2.40. The maximum absolute atomic E-state index is 13.4. The Hall–Kier alpha value is -1.43. The molecule has 5 nitrogen and oxygen atoms in total. The van der Waals surface area contributed by atoms with Crippen LogP contribution >= 0.6 is 0 Å². The third-order valence-corrected chi connectivity index (χ3v) is 6.80. The van der Waals surface area contributed by atoms with E-state index in [-0.39, 0.29) is 5.92 Å². The summed E-state index contributed by atoms with van der Waals surface area (Å²) in [5.41, 5.74) is 0.695. The second-order valence-electron chi connectivity index (χ2n) is 9.00. The number of piperidine rings is 1. The zero-order valence-electron chi connectivity index (χ0n) is 16.7. The molecule has 3 atom stereocenters. The molecule has 0 bridgehead atoms. The predicted octanol–water partition coefficient (Wildman–Crippen LogP) is 2.13. The van der Waals surface area contributed by atoms with E-state index >= 15 is 0 Å². The number of carbonyl (C=O) groups excluding carboxylic acids is 1. The average Bonchev–Trinajstić information content (AvgIpc) is 3.24. The number of nitrogens with zero attached hydrogens (tertiary/aromatic N) is 3. The first-order chi connectivity index (χ1) is 13.0. The van der Waals surface area contributed by atoms with Crippen molar-refractivity contribution in [3.8, 4) is 0 Å². The molecule has 1 aromatic rings. The second kappa shape index (κ2) is 7.53. The van der Waals surface area contributed by atoms with E-state index in [0.717, 1.165) is 19.4 Å². The summed E-state index contributed by atoms with van der Waals surface area (Å²) in [6.45, 7) is 3.15. The van der Waals surface area contributed by atoms with Gasteiger partial charge in [0.2, 0.25) is 5.91 Å². The van der Waals surface area contributed by atoms with Crippen LogP contribution in [0.4, 0.5) is 0 Å². The van der Waals surface area contributed by atoms with Gasteiger partial charge in [-0.15, -0.1) is 0 Å². The highest BCUT2D eigenvalue weighted by molar-refractivity contribution is 5.80. The van der Waals surface area contributed by atoms with Gasteiger partial charge in [-0.25, -0.2) is 0 Å². The van der Waals surface area contributed by atoms with E-state index in [0.29, 0.717) is 50.5 Å². The van der Waals surface area contributed by atoms with Crippen LogP contribution < -0.4 is 0 Å². The van der Waals surface area contributed by atoms with Crippen LogP contribution in [0.1, 0.15) is 43.7 Å². The number of amides is 1. The van der Waals surface area contributed by atoms with Gasteiger partial charge in [-0.1, -0.05) is 30.3 Å². The van der Waals surface area contributed by atoms with Crippen molar-refractivity contribution in [1.82, 2.24) is 14.7 Å². The molecule has 0 spiro atoms. The smallest absolute Gasteiger partial charge is 0.227 e. The molecule has 27 heavy (non-hydrogen) atoms. The van der Waals surface area contributed by atoms with Crippen molar-refractivity contribution in [3.05, 3.63) is 35.9 Å². The minimum absolute atomic E-state index is 0.109. The lowest BCUT2D eigenvalue weighted by atomic mass is 9.88. The maximum Gasteiger partial charge on any atom is 0.227 e. The van der Waals surface area contributed by atoms with E-state index in [1.54, 1.807) is 0 Å². The van der Waals surface area contributed by atoms with Gasteiger partial charge >= 0.3 is 0 Å². The Morgan fingerprint density at radius 3 is 2.56 bits per heavy atom. The molecule has 5 heteroatoms. The largest absolute Gasteiger partial charge is 0.388 e. The molecule has 4 rings (SSSR count). The van der Waals surface area contributed by atoms with Gasteiger partial charge in [-0.2, -0.15) is 0 Å². The summed E-state index contributed by atoms with van der Waals surface area (Å²) in [5, 5.41) is 10.8. The Labute approximate surface area is 162 Å². The van der Waals surface area contributed by atoms with Crippen LogP contribution in [-0.4, -0.2) is 77.6 Å². The fourth-order valence-electron chi connectivity index (χ4n) is 5.56. The topological polar surface area (TPSA) is 47.0 Å². The standard InChI is InChI=1S/C22H33N3O2/c1-23(2)16-22(27)10-13-24(14-11-22)21(26)18-15-20(17-7-4-3-5-8-17)25-12-6-9-19(18)25/h3-5,7-8,18-20,27H,6,9-16H2,1-2H3/t18-,19+,20-/m1/s1. The van der Waals surface area contributed by atoms with E-state index < -0.39 is 5.60 Å². The van der Waals surface area contributed by atoms with Crippen LogP contribution in [0.5, 0.6) is 0 Å². The quantitative estimate of drug-likeness (QED) is 0.881. The Bertz CT molecular complexity index is 655. The molecule has 148 valence electrons. The third-order valence-electron chi connectivity index (χ3n) is 6.80. The fraction of sp³-hybridized carbons (Fsp3) is 0.682. The number of hydrogen-bond donors (Lipinski definition) is 1. The predicted molar refractivity (Wildman–Crippen MR) is 106 cm³/mol. The van der Waals surface area contributed by atoms with Gasteiger partial charge in [-0.3, -0.25) is 9.69 Å². The molecule has 3 aliphatic rings. The van der Waals surface area contributed by atoms with Gasteiger partial charge < -0.3 is 14.9 Å². The summed E-state index contributed by atoms with van der Waals surface area (Å²) >= 11 is 0.